The Hall–Kier alpha value is -2.27. The molecule has 332 valence electrons. The quantitative estimate of drug-likeness (QED) is 0.292. The van der Waals surface area contributed by atoms with Gasteiger partial charge in [0, 0.05) is 45.1 Å². The predicted molar refractivity (Wildman–Crippen MR) is 214 cm³/mol. The standard InChI is InChI=1S/C45H69NO13/c1-22-14-30-10-12-33-23(2)15-29(53-33)9-8-26(47)18-38-39(50)42-43(58-38)40(51)41-34(57-42)13-11-31(55-41)16-27(48)17-32-25(4)35(56-37(32)20-36(54-30)24(22)3)19-28(49)21-46-44(52)59-45(5,6)7/h22,25,28-43,49-51H,2-3,8-21H2,1,4-7H3,(H,46,52)/t22-,25-,28+,29+,30+,31-,32?,33?,34+,35-,36?,37+,38-,39+,40+,41+,42+,43+/m1/s1. The number of Topliss-reactive ketones (excluding diaryl/α,β-unsaturated/α-hetero) is 2. The third-order valence-electron chi connectivity index (χ3n) is 14.0. The van der Waals surface area contributed by atoms with E-state index >= 15 is 0 Å². The van der Waals surface area contributed by atoms with Crippen LogP contribution in [-0.4, -0.2) is 137 Å². The van der Waals surface area contributed by atoms with Crippen molar-refractivity contribution in [1.29, 1.82) is 0 Å². The molecule has 0 aromatic rings. The maximum atomic E-state index is 14.0. The van der Waals surface area contributed by atoms with Crippen molar-refractivity contribution in [1.82, 2.24) is 5.32 Å². The van der Waals surface area contributed by atoms with Gasteiger partial charge in [-0.2, -0.15) is 0 Å². The third-order valence-corrected chi connectivity index (χ3v) is 14.0. The molecule has 0 radical (unpaired) electrons. The number of carbonyl (C=O) groups is 3. The third kappa shape index (κ3) is 10.7. The first-order valence-corrected chi connectivity index (χ1v) is 22.3. The highest BCUT2D eigenvalue weighted by atomic mass is 16.6. The maximum absolute atomic E-state index is 14.0. The Morgan fingerprint density at radius 3 is 2.22 bits per heavy atom. The minimum atomic E-state index is -1.10. The van der Waals surface area contributed by atoms with Gasteiger partial charge in [-0.1, -0.05) is 27.0 Å². The number of hydrogen-bond acceptors (Lipinski definition) is 13. The van der Waals surface area contributed by atoms with Crippen LogP contribution in [0.3, 0.4) is 0 Å². The van der Waals surface area contributed by atoms with Gasteiger partial charge in [-0.3, -0.25) is 9.59 Å². The van der Waals surface area contributed by atoms with E-state index in [4.69, 9.17) is 33.2 Å². The molecule has 7 rings (SSSR count). The zero-order valence-electron chi connectivity index (χ0n) is 35.6. The molecular weight excluding hydrogens is 762 g/mol. The van der Waals surface area contributed by atoms with E-state index in [-0.39, 0.29) is 105 Å². The topological polar surface area (TPSA) is 189 Å². The normalized spacial score (nSPS) is 44.2. The molecule has 0 aliphatic carbocycles. The summed E-state index contributed by atoms with van der Waals surface area (Å²) in [6.45, 7) is 18.3. The number of amides is 1. The van der Waals surface area contributed by atoms with E-state index < -0.39 is 66.6 Å². The van der Waals surface area contributed by atoms with E-state index in [0.717, 1.165) is 30.4 Å². The molecule has 0 spiro atoms. The molecule has 7 saturated heterocycles. The van der Waals surface area contributed by atoms with Crippen LogP contribution < -0.4 is 5.32 Å². The fraction of sp³-hybridized carbons (Fsp3) is 0.844. The van der Waals surface area contributed by atoms with Gasteiger partial charge in [0.25, 0.3) is 0 Å². The van der Waals surface area contributed by atoms with Crippen molar-refractivity contribution < 1.29 is 62.9 Å². The fourth-order valence-electron chi connectivity index (χ4n) is 10.7. The molecule has 0 aromatic carbocycles. The number of nitrogens with one attached hydrogen (secondary N) is 1. The van der Waals surface area contributed by atoms with E-state index in [0.29, 0.717) is 32.1 Å². The highest BCUT2D eigenvalue weighted by molar-refractivity contribution is 5.79. The Balaban J connectivity index is 1.08. The highest BCUT2D eigenvalue weighted by Gasteiger charge is 2.57. The average molecular weight is 832 g/mol. The summed E-state index contributed by atoms with van der Waals surface area (Å²) in [7, 11) is 0. The molecule has 59 heavy (non-hydrogen) atoms. The first kappa shape index (κ1) is 44.8. The largest absolute Gasteiger partial charge is 0.444 e. The van der Waals surface area contributed by atoms with Crippen LogP contribution >= 0.6 is 0 Å². The predicted octanol–water partition coefficient (Wildman–Crippen LogP) is 4.42. The molecule has 14 heteroatoms. The Labute approximate surface area is 349 Å². The Bertz CT molecular complexity index is 1550. The smallest absolute Gasteiger partial charge is 0.407 e. The second kappa shape index (κ2) is 18.6. The lowest BCUT2D eigenvalue weighted by atomic mass is 9.78. The van der Waals surface area contributed by atoms with Gasteiger partial charge in [0.2, 0.25) is 0 Å². The summed E-state index contributed by atoms with van der Waals surface area (Å²) in [5.74, 6) is -0.102. The highest BCUT2D eigenvalue weighted by Crippen LogP contribution is 2.44. The molecule has 14 nitrogen and oxygen atoms in total. The lowest BCUT2D eigenvalue weighted by Gasteiger charge is -2.46. The molecule has 7 aliphatic heterocycles. The molecular formula is C45H69NO13. The summed E-state index contributed by atoms with van der Waals surface area (Å²) < 4.78 is 44.1. The number of ketones is 2. The molecule has 0 aromatic heterocycles. The number of ether oxygens (including phenoxy) is 7. The van der Waals surface area contributed by atoms with Crippen LogP contribution in [0.4, 0.5) is 4.79 Å². The SMILES string of the molecule is C=C1C[C@@H]2CCC(=O)C[C@H]3O[C@H]4[C@@H](O)[C@H]5O[C@H](CC[C@@H]5O[C@H]4[C@H]3O)CC(=O)CC3[C@H](CC4O[C@@H](CCC1O2)C[C@@H](C)C4=C)O[C@H](C[C@H](O)CNC(=O)OC(C)(C)C)[C@@H]3C. The van der Waals surface area contributed by atoms with E-state index in [9.17, 15) is 29.7 Å². The number of carbonyl (C=O) groups excluding carboxylic acids is 3. The fourth-order valence-corrected chi connectivity index (χ4v) is 10.7. The summed E-state index contributed by atoms with van der Waals surface area (Å²) >= 11 is 0. The van der Waals surface area contributed by atoms with E-state index in [1.165, 1.54) is 0 Å². The maximum Gasteiger partial charge on any atom is 0.407 e. The monoisotopic (exact) mass is 831 g/mol. The summed E-state index contributed by atoms with van der Waals surface area (Å²) in [4.78, 5) is 39.5. The Morgan fingerprint density at radius 1 is 0.763 bits per heavy atom. The van der Waals surface area contributed by atoms with Crippen LogP contribution in [0.2, 0.25) is 0 Å². The molecule has 4 N–H and O–H groups in total. The Morgan fingerprint density at radius 2 is 1.46 bits per heavy atom. The van der Waals surface area contributed by atoms with Gasteiger partial charge < -0.3 is 53.8 Å². The second-order valence-electron chi connectivity index (χ2n) is 19.7. The Kier molecular flexibility index (Phi) is 14.1. The number of aliphatic hydroxyl groups is 3. The van der Waals surface area contributed by atoms with Crippen LogP contribution in [0.25, 0.3) is 0 Å². The van der Waals surface area contributed by atoms with Crippen LogP contribution in [0.1, 0.15) is 118 Å². The minimum Gasteiger partial charge on any atom is -0.444 e. The molecule has 7 fully saturated rings. The second-order valence-corrected chi connectivity index (χ2v) is 19.7. The molecule has 18 atom stereocenters. The summed E-state index contributed by atoms with van der Waals surface area (Å²) in [5.41, 5.74) is 1.35. The lowest BCUT2D eigenvalue weighted by molar-refractivity contribution is -0.259. The zero-order chi connectivity index (χ0) is 42.3. The van der Waals surface area contributed by atoms with Crippen molar-refractivity contribution in [2.24, 2.45) is 17.8 Å². The van der Waals surface area contributed by atoms with Gasteiger partial charge in [0.15, 0.2) is 0 Å². The molecule has 3 unspecified atom stereocenters. The summed E-state index contributed by atoms with van der Waals surface area (Å²) in [6, 6.07) is 0. The summed E-state index contributed by atoms with van der Waals surface area (Å²) in [5, 5.41) is 36.4. The number of fused-ring (bicyclic) bond motifs is 7. The van der Waals surface area contributed by atoms with Crippen LogP contribution in [0, 0.1) is 17.8 Å². The molecule has 0 saturated carbocycles. The molecule has 7 heterocycles. The van der Waals surface area contributed by atoms with E-state index in [1.54, 1.807) is 20.8 Å². The van der Waals surface area contributed by atoms with Crippen molar-refractivity contribution in [3.8, 4) is 0 Å². The number of hydrogen-bond donors (Lipinski definition) is 4. The van der Waals surface area contributed by atoms with Gasteiger partial charge >= 0.3 is 6.09 Å². The van der Waals surface area contributed by atoms with Crippen LogP contribution in [-0.2, 0) is 42.7 Å². The van der Waals surface area contributed by atoms with Crippen LogP contribution in [0.5, 0.6) is 0 Å². The van der Waals surface area contributed by atoms with Gasteiger partial charge in [-0.25, -0.2) is 4.79 Å². The van der Waals surface area contributed by atoms with Gasteiger partial charge in [0.1, 0.15) is 47.7 Å². The van der Waals surface area contributed by atoms with Crippen molar-refractivity contribution >= 4 is 17.7 Å². The molecule has 7 aliphatic rings. The summed E-state index contributed by atoms with van der Waals surface area (Å²) in [6.07, 6.45) is -3.04. The lowest BCUT2D eigenvalue weighted by Crippen LogP contribution is -2.61. The first-order valence-electron chi connectivity index (χ1n) is 22.3. The molecule has 8 bridgehead atoms. The van der Waals surface area contributed by atoms with Gasteiger partial charge in [-0.05, 0) is 94.6 Å². The average Bonchev–Trinajstić information content (AvgIpc) is 3.78. The number of alkyl carbamates (subject to hydrolysis) is 1. The van der Waals surface area contributed by atoms with Crippen molar-refractivity contribution in [3.05, 3.63) is 24.3 Å². The first-order chi connectivity index (χ1) is 27.9. The van der Waals surface area contributed by atoms with E-state index in [2.05, 4.69) is 32.3 Å². The number of rotatable bonds is 4. The minimum absolute atomic E-state index is 0.00347. The van der Waals surface area contributed by atoms with Gasteiger partial charge in [0.05, 0.1) is 61.0 Å². The zero-order valence-corrected chi connectivity index (χ0v) is 35.6. The van der Waals surface area contributed by atoms with Crippen molar-refractivity contribution in [2.45, 2.75) is 215 Å². The van der Waals surface area contributed by atoms with Crippen LogP contribution in [0.15, 0.2) is 24.3 Å². The molecule has 1 amide bonds. The van der Waals surface area contributed by atoms with Crippen molar-refractivity contribution in [2.75, 3.05) is 6.54 Å². The van der Waals surface area contributed by atoms with Crippen molar-refractivity contribution in [3.63, 3.8) is 0 Å². The number of aliphatic hydroxyl groups excluding tert-OH is 3. The van der Waals surface area contributed by atoms with Gasteiger partial charge in [-0.15, -0.1) is 0 Å². The van der Waals surface area contributed by atoms with E-state index in [1.807, 2.05) is 0 Å².